The van der Waals surface area contributed by atoms with Gasteiger partial charge < -0.3 is 10.4 Å². The van der Waals surface area contributed by atoms with Crippen LogP contribution in [0.1, 0.15) is 34.9 Å². The molecule has 0 spiro atoms. The molecule has 1 aromatic heterocycles. The molecule has 5 heteroatoms. The summed E-state index contributed by atoms with van der Waals surface area (Å²) in [5.74, 6) is -2.10. The number of aromatic carboxylic acids is 1. The summed E-state index contributed by atoms with van der Waals surface area (Å²) in [6.45, 7) is 0.910. The molecule has 2 N–H and O–H groups in total. The monoisotopic (exact) mass is 210 g/mol. The summed E-state index contributed by atoms with van der Waals surface area (Å²) in [5, 5.41) is 11.8. The zero-order valence-electron chi connectivity index (χ0n) is 8.03. The van der Waals surface area contributed by atoms with Gasteiger partial charge in [-0.25, -0.2) is 14.2 Å². The standard InChI is InChI=1S/C10H11FN2O2/c11-7-4-6(8-2-1-3-12-8)5-13-9(7)10(14)15/h4-5,8,12H,1-3H2,(H,14,15). The van der Waals surface area contributed by atoms with Crippen molar-refractivity contribution in [2.24, 2.45) is 0 Å². The average Bonchev–Trinajstić information content (AvgIpc) is 2.69. The maximum Gasteiger partial charge on any atom is 0.357 e. The first-order valence-corrected chi connectivity index (χ1v) is 4.80. The van der Waals surface area contributed by atoms with E-state index in [0.717, 1.165) is 24.9 Å². The normalized spacial score (nSPS) is 20.5. The van der Waals surface area contributed by atoms with Crippen LogP contribution >= 0.6 is 0 Å². The molecule has 0 saturated carbocycles. The lowest BCUT2D eigenvalue weighted by molar-refractivity contribution is 0.0685. The number of carboxylic acid groups (broad SMARTS) is 1. The van der Waals surface area contributed by atoms with Gasteiger partial charge in [0.1, 0.15) is 0 Å². The van der Waals surface area contributed by atoms with E-state index in [1.165, 1.54) is 12.3 Å². The van der Waals surface area contributed by atoms with Gasteiger partial charge in [0.05, 0.1) is 0 Å². The minimum Gasteiger partial charge on any atom is -0.476 e. The highest BCUT2D eigenvalue weighted by molar-refractivity contribution is 5.85. The maximum atomic E-state index is 13.3. The Morgan fingerprint density at radius 1 is 1.67 bits per heavy atom. The third-order valence-electron chi connectivity index (χ3n) is 2.53. The highest BCUT2D eigenvalue weighted by atomic mass is 19.1. The van der Waals surface area contributed by atoms with Crippen molar-refractivity contribution in [3.05, 3.63) is 29.3 Å². The molecule has 1 fully saturated rings. The van der Waals surface area contributed by atoms with Crippen molar-refractivity contribution < 1.29 is 14.3 Å². The van der Waals surface area contributed by atoms with E-state index in [1.807, 2.05) is 0 Å². The maximum absolute atomic E-state index is 13.3. The topological polar surface area (TPSA) is 62.2 Å². The lowest BCUT2D eigenvalue weighted by Gasteiger charge is -2.10. The van der Waals surface area contributed by atoms with Crippen LogP contribution < -0.4 is 5.32 Å². The molecule has 1 aromatic rings. The molecule has 80 valence electrons. The van der Waals surface area contributed by atoms with Crippen LogP contribution in [-0.2, 0) is 0 Å². The van der Waals surface area contributed by atoms with Crippen LogP contribution in [0.15, 0.2) is 12.3 Å². The van der Waals surface area contributed by atoms with Gasteiger partial charge in [-0.3, -0.25) is 0 Å². The Morgan fingerprint density at radius 2 is 2.47 bits per heavy atom. The molecule has 1 unspecified atom stereocenters. The first kappa shape index (κ1) is 10.0. The van der Waals surface area contributed by atoms with Gasteiger partial charge in [-0.05, 0) is 31.0 Å². The first-order valence-electron chi connectivity index (χ1n) is 4.80. The molecule has 1 aliphatic heterocycles. The van der Waals surface area contributed by atoms with Crippen molar-refractivity contribution in [3.63, 3.8) is 0 Å². The summed E-state index contributed by atoms with van der Waals surface area (Å²) in [5.41, 5.74) is 0.201. The molecule has 0 aromatic carbocycles. The molecule has 1 saturated heterocycles. The zero-order chi connectivity index (χ0) is 10.8. The number of carbonyl (C=O) groups is 1. The van der Waals surface area contributed by atoms with Crippen molar-refractivity contribution in [1.82, 2.24) is 10.3 Å². The Morgan fingerprint density at radius 3 is 3.00 bits per heavy atom. The number of carboxylic acids is 1. The van der Waals surface area contributed by atoms with E-state index in [4.69, 9.17) is 5.11 Å². The SMILES string of the molecule is O=C(O)c1ncc(C2CCCN2)cc1F. The number of rotatable bonds is 2. The van der Waals surface area contributed by atoms with Crippen molar-refractivity contribution in [2.75, 3.05) is 6.54 Å². The van der Waals surface area contributed by atoms with Gasteiger partial charge in [0.2, 0.25) is 0 Å². The fraction of sp³-hybridized carbons (Fsp3) is 0.400. The number of nitrogens with zero attached hydrogens (tertiary/aromatic N) is 1. The Kier molecular flexibility index (Phi) is 2.64. The van der Waals surface area contributed by atoms with Gasteiger partial charge in [-0.2, -0.15) is 0 Å². The molecule has 2 heterocycles. The fourth-order valence-corrected chi connectivity index (χ4v) is 1.77. The number of hydrogen-bond acceptors (Lipinski definition) is 3. The molecule has 15 heavy (non-hydrogen) atoms. The highest BCUT2D eigenvalue weighted by Crippen LogP contribution is 2.23. The van der Waals surface area contributed by atoms with E-state index in [-0.39, 0.29) is 6.04 Å². The summed E-state index contributed by atoms with van der Waals surface area (Å²) in [6, 6.07) is 1.36. The van der Waals surface area contributed by atoms with Gasteiger partial charge in [0, 0.05) is 12.2 Å². The highest BCUT2D eigenvalue weighted by Gasteiger charge is 2.19. The van der Waals surface area contributed by atoms with Crippen LogP contribution in [0.2, 0.25) is 0 Å². The second kappa shape index (κ2) is 3.94. The van der Waals surface area contributed by atoms with E-state index >= 15 is 0 Å². The number of halogens is 1. The van der Waals surface area contributed by atoms with E-state index in [0.29, 0.717) is 0 Å². The van der Waals surface area contributed by atoms with Crippen LogP contribution in [0.25, 0.3) is 0 Å². The Balaban J connectivity index is 2.28. The van der Waals surface area contributed by atoms with Crippen molar-refractivity contribution in [2.45, 2.75) is 18.9 Å². The fourth-order valence-electron chi connectivity index (χ4n) is 1.77. The predicted molar refractivity (Wildman–Crippen MR) is 51.1 cm³/mol. The quantitative estimate of drug-likeness (QED) is 0.773. The molecule has 1 aliphatic rings. The van der Waals surface area contributed by atoms with E-state index < -0.39 is 17.5 Å². The molecule has 0 aliphatic carbocycles. The lowest BCUT2D eigenvalue weighted by Crippen LogP contribution is -2.14. The van der Waals surface area contributed by atoms with Gasteiger partial charge in [0.25, 0.3) is 0 Å². The van der Waals surface area contributed by atoms with Crippen LogP contribution in [0, 0.1) is 5.82 Å². The minimum absolute atomic E-state index is 0.106. The summed E-state index contributed by atoms with van der Waals surface area (Å²) in [7, 11) is 0. The molecule has 0 amide bonds. The van der Waals surface area contributed by atoms with E-state index in [1.54, 1.807) is 0 Å². The molecule has 0 bridgehead atoms. The minimum atomic E-state index is -1.33. The summed E-state index contributed by atoms with van der Waals surface area (Å²) >= 11 is 0. The van der Waals surface area contributed by atoms with Crippen LogP contribution in [0.3, 0.4) is 0 Å². The number of nitrogens with one attached hydrogen (secondary N) is 1. The Hall–Kier alpha value is -1.49. The molecule has 0 radical (unpaired) electrons. The number of hydrogen-bond donors (Lipinski definition) is 2. The van der Waals surface area contributed by atoms with Crippen LogP contribution in [0.5, 0.6) is 0 Å². The average molecular weight is 210 g/mol. The molecular formula is C10H11FN2O2. The van der Waals surface area contributed by atoms with E-state index in [2.05, 4.69) is 10.3 Å². The summed E-state index contributed by atoms with van der Waals surface area (Å²) < 4.78 is 13.3. The molecule has 4 nitrogen and oxygen atoms in total. The van der Waals surface area contributed by atoms with Crippen molar-refractivity contribution in [3.8, 4) is 0 Å². The number of aromatic nitrogens is 1. The molecular weight excluding hydrogens is 199 g/mol. The second-order valence-corrected chi connectivity index (χ2v) is 3.55. The lowest BCUT2D eigenvalue weighted by atomic mass is 10.1. The Labute approximate surface area is 86.1 Å². The Bertz CT molecular complexity index is 389. The largest absolute Gasteiger partial charge is 0.476 e. The number of pyridine rings is 1. The molecule has 1 atom stereocenters. The van der Waals surface area contributed by atoms with Crippen LogP contribution in [-0.4, -0.2) is 22.6 Å². The third-order valence-corrected chi connectivity index (χ3v) is 2.53. The van der Waals surface area contributed by atoms with E-state index in [9.17, 15) is 9.18 Å². The van der Waals surface area contributed by atoms with Gasteiger partial charge >= 0.3 is 5.97 Å². The van der Waals surface area contributed by atoms with Gasteiger partial charge in [-0.1, -0.05) is 0 Å². The zero-order valence-corrected chi connectivity index (χ0v) is 8.03. The van der Waals surface area contributed by atoms with Gasteiger partial charge in [0.15, 0.2) is 11.5 Å². The summed E-state index contributed by atoms with van der Waals surface area (Å²) in [4.78, 5) is 14.1. The van der Waals surface area contributed by atoms with Crippen molar-refractivity contribution >= 4 is 5.97 Å². The predicted octanol–water partition coefficient (Wildman–Crippen LogP) is 1.34. The van der Waals surface area contributed by atoms with Gasteiger partial charge in [-0.15, -0.1) is 0 Å². The molecule has 2 rings (SSSR count). The van der Waals surface area contributed by atoms with Crippen LogP contribution in [0.4, 0.5) is 4.39 Å². The smallest absolute Gasteiger partial charge is 0.357 e. The third kappa shape index (κ3) is 1.97. The second-order valence-electron chi connectivity index (χ2n) is 3.55. The first-order chi connectivity index (χ1) is 7.18. The van der Waals surface area contributed by atoms with Crippen molar-refractivity contribution in [1.29, 1.82) is 0 Å². The summed E-state index contributed by atoms with van der Waals surface area (Å²) in [6.07, 6.45) is 3.41.